The van der Waals surface area contributed by atoms with Gasteiger partial charge in [0, 0.05) is 12.6 Å². The third-order valence-corrected chi connectivity index (χ3v) is 4.60. The van der Waals surface area contributed by atoms with Crippen LogP contribution in [-0.4, -0.2) is 42.5 Å². The highest BCUT2D eigenvalue weighted by Crippen LogP contribution is 2.33. The number of likely N-dealkylation sites (N-methyl/N-ethyl adjacent to an activating group) is 1. The second kappa shape index (κ2) is 6.53. The Morgan fingerprint density at radius 1 is 1.56 bits per heavy atom. The SMILES string of the molecule is CCC(C)CN(CC)C1CCC(NC)(C(N)=O)C1. The normalized spacial score (nSPS) is 29.7. The lowest BCUT2D eigenvalue weighted by Crippen LogP contribution is -2.53. The Labute approximate surface area is 111 Å². The van der Waals surface area contributed by atoms with E-state index in [1.807, 2.05) is 7.05 Å². The number of rotatable bonds is 7. The highest BCUT2D eigenvalue weighted by atomic mass is 16.1. The lowest BCUT2D eigenvalue weighted by Gasteiger charge is -2.32. The predicted octanol–water partition coefficient (Wildman–Crippen LogP) is 1.35. The van der Waals surface area contributed by atoms with Crippen molar-refractivity contribution in [2.75, 3.05) is 20.1 Å². The molecule has 18 heavy (non-hydrogen) atoms. The van der Waals surface area contributed by atoms with Crippen molar-refractivity contribution >= 4 is 5.91 Å². The molecular weight excluding hydrogens is 226 g/mol. The van der Waals surface area contributed by atoms with Gasteiger partial charge in [-0.3, -0.25) is 4.79 Å². The Bertz CT molecular complexity index is 282. The first kappa shape index (κ1) is 15.4. The molecule has 0 bridgehead atoms. The number of hydrogen-bond donors (Lipinski definition) is 2. The van der Waals surface area contributed by atoms with Crippen LogP contribution in [0.5, 0.6) is 0 Å². The molecule has 1 rings (SSSR count). The quantitative estimate of drug-likeness (QED) is 0.722. The van der Waals surface area contributed by atoms with E-state index in [1.54, 1.807) is 0 Å². The van der Waals surface area contributed by atoms with Crippen molar-refractivity contribution in [1.82, 2.24) is 10.2 Å². The molecule has 0 radical (unpaired) electrons. The Balaban J connectivity index is 2.65. The minimum absolute atomic E-state index is 0.202. The molecule has 0 aliphatic heterocycles. The summed E-state index contributed by atoms with van der Waals surface area (Å²) >= 11 is 0. The van der Waals surface area contributed by atoms with Crippen LogP contribution < -0.4 is 11.1 Å². The van der Waals surface area contributed by atoms with Crippen molar-refractivity contribution in [3.05, 3.63) is 0 Å². The topological polar surface area (TPSA) is 58.4 Å². The number of amides is 1. The first-order valence-corrected chi connectivity index (χ1v) is 7.22. The summed E-state index contributed by atoms with van der Waals surface area (Å²) in [5.74, 6) is 0.509. The van der Waals surface area contributed by atoms with Crippen LogP contribution >= 0.6 is 0 Å². The zero-order chi connectivity index (χ0) is 13.8. The van der Waals surface area contributed by atoms with Crippen LogP contribution in [0.25, 0.3) is 0 Å². The molecular formula is C14H29N3O. The van der Waals surface area contributed by atoms with E-state index in [4.69, 9.17) is 5.73 Å². The van der Waals surface area contributed by atoms with Crippen LogP contribution in [-0.2, 0) is 4.79 Å². The van der Waals surface area contributed by atoms with Crippen LogP contribution in [0.4, 0.5) is 0 Å². The molecule has 106 valence electrons. The van der Waals surface area contributed by atoms with Gasteiger partial charge in [0.25, 0.3) is 0 Å². The van der Waals surface area contributed by atoms with E-state index in [9.17, 15) is 4.79 Å². The number of carbonyl (C=O) groups excluding carboxylic acids is 1. The molecule has 1 amide bonds. The number of nitrogens with zero attached hydrogens (tertiary/aromatic N) is 1. The number of primary amides is 1. The fourth-order valence-electron chi connectivity index (χ4n) is 2.97. The fourth-order valence-corrected chi connectivity index (χ4v) is 2.97. The van der Waals surface area contributed by atoms with E-state index in [1.165, 1.54) is 6.42 Å². The van der Waals surface area contributed by atoms with Crippen molar-refractivity contribution in [3.63, 3.8) is 0 Å². The van der Waals surface area contributed by atoms with E-state index in [-0.39, 0.29) is 5.91 Å². The summed E-state index contributed by atoms with van der Waals surface area (Å²) in [6, 6.07) is 0.490. The Morgan fingerprint density at radius 2 is 2.22 bits per heavy atom. The van der Waals surface area contributed by atoms with E-state index in [2.05, 4.69) is 31.0 Å². The average molecular weight is 255 g/mol. The summed E-state index contributed by atoms with van der Waals surface area (Å²) in [4.78, 5) is 14.1. The van der Waals surface area contributed by atoms with Crippen LogP contribution in [0.2, 0.25) is 0 Å². The molecule has 0 aromatic rings. The molecule has 3 unspecified atom stereocenters. The molecule has 3 atom stereocenters. The Hall–Kier alpha value is -0.610. The minimum atomic E-state index is -0.479. The molecule has 0 saturated heterocycles. The van der Waals surface area contributed by atoms with E-state index >= 15 is 0 Å². The monoisotopic (exact) mass is 255 g/mol. The van der Waals surface area contributed by atoms with Gasteiger partial charge in [-0.05, 0) is 38.8 Å². The first-order valence-electron chi connectivity index (χ1n) is 7.22. The largest absolute Gasteiger partial charge is 0.368 e. The van der Waals surface area contributed by atoms with Crippen LogP contribution in [0.3, 0.4) is 0 Å². The van der Waals surface area contributed by atoms with Gasteiger partial charge in [-0.15, -0.1) is 0 Å². The van der Waals surface area contributed by atoms with Crippen molar-refractivity contribution in [1.29, 1.82) is 0 Å². The molecule has 0 spiro atoms. The van der Waals surface area contributed by atoms with Crippen LogP contribution in [0, 0.1) is 5.92 Å². The summed E-state index contributed by atoms with van der Waals surface area (Å²) in [7, 11) is 1.85. The first-order chi connectivity index (χ1) is 8.49. The van der Waals surface area contributed by atoms with Crippen LogP contribution in [0.15, 0.2) is 0 Å². The molecule has 1 fully saturated rings. The molecule has 4 heteroatoms. The molecule has 4 nitrogen and oxygen atoms in total. The highest BCUT2D eigenvalue weighted by molar-refractivity contribution is 5.85. The molecule has 0 aromatic heterocycles. The van der Waals surface area contributed by atoms with Crippen molar-refractivity contribution in [2.24, 2.45) is 11.7 Å². The maximum atomic E-state index is 11.6. The molecule has 1 saturated carbocycles. The zero-order valence-corrected chi connectivity index (χ0v) is 12.3. The van der Waals surface area contributed by atoms with Crippen LogP contribution in [0.1, 0.15) is 46.5 Å². The molecule has 0 heterocycles. The molecule has 1 aliphatic rings. The van der Waals surface area contributed by atoms with Gasteiger partial charge in [-0.1, -0.05) is 27.2 Å². The maximum Gasteiger partial charge on any atom is 0.237 e. The van der Waals surface area contributed by atoms with Gasteiger partial charge in [0.2, 0.25) is 5.91 Å². The highest BCUT2D eigenvalue weighted by Gasteiger charge is 2.44. The minimum Gasteiger partial charge on any atom is -0.368 e. The smallest absolute Gasteiger partial charge is 0.237 e. The number of nitrogens with two attached hydrogens (primary N) is 1. The lowest BCUT2D eigenvalue weighted by molar-refractivity contribution is -0.124. The van der Waals surface area contributed by atoms with Crippen molar-refractivity contribution < 1.29 is 4.79 Å². The molecule has 3 N–H and O–H groups in total. The lowest BCUT2D eigenvalue weighted by atomic mass is 9.96. The number of carbonyl (C=O) groups is 1. The van der Waals surface area contributed by atoms with Gasteiger partial charge < -0.3 is 16.0 Å². The van der Waals surface area contributed by atoms with Gasteiger partial charge >= 0.3 is 0 Å². The van der Waals surface area contributed by atoms with Crippen molar-refractivity contribution in [3.8, 4) is 0 Å². The van der Waals surface area contributed by atoms with E-state index < -0.39 is 5.54 Å². The summed E-state index contributed by atoms with van der Waals surface area (Å²) in [5, 5.41) is 3.15. The number of nitrogens with one attached hydrogen (secondary N) is 1. The maximum absolute atomic E-state index is 11.6. The standard InChI is InChI=1S/C14H29N3O/c1-5-11(3)10-17(6-2)12-7-8-14(9-12,16-4)13(15)18/h11-12,16H,5-10H2,1-4H3,(H2,15,18). The zero-order valence-electron chi connectivity index (χ0n) is 12.3. The summed E-state index contributed by atoms with van der Waals surface area (Å²) in [6.45, 7) is 8.89. The molecule has 0 aromatic carbocycles. The van der Waals surface area contributed by atoms with Gasteiger partial charge in [0.1, 0.15) is 0 Å². The van der Waals surface area contributed by atoms with Gasteiger partial charge in [0.15, 0.2) is 0 Å². The Kier molecular flexibility index (Phi) is 5.60. The second-order valence-corrected chi connectivity index (χ2v) is 5.69. The predicted molar refractivity (Wildman–Crippen MR) is 75.3 cm³/mol. The van der Waals surface area contributed by atoms with Gasteiger partial charge in [0.05, 0.1) is 5.54 Å². The van der Waals surface area contributed by atoms with Gasteiger partial charge in [-0.25, -0.2) is 0 Å². The average Bonchev–Trinajstić information content (AvgIpc) is 2.81. The Morgan fingerprint density at radius 3 is 2.61 bits per heavy atom. The fraction of sp³-hybridized carbons (Fsp3) is 0.929. The summed E-state index contributed by atoms with van der Waals surface area (Å²) in [5.41, 5.74) is 5.08. The van der Waals surface area contributed by atoms with Gasteiger partial charge in [-0.2, -0.15) is 0 Å². The second-order valence-electron chi connectivity index (χ2n) is 5.69. The third kappa shape index (κ3) is 3.23. The van der Waals surface area contributed by atoms with Crippen molar-refractivity contribution in [2.45, 2.75) is 58.0 Å². The molecule has 1 aliphatic carbocycles. The number of hydrogen-bond acceptors (Lipinski definition) is 3. The van der Waals surface area contributed by atoms with E-state index in [0.29, 0.717) is 12.0 Å². The third-order valence-electron chi connectivity index (χ3n) is 4.60. The summed E-state index contributed by atoms with van der Waals surface area (Å²) < 4.78 is 0. The summed E-state index contributed by atoms with van der Waals surface area (Å²) in [6.07, 6.45) is 3.98. The van der Waals surface area contributed by atoms with E-state index in [0.717, 1.165) is 32.4 Å².